The van der Waals surface area contributed by atoms with Crippen molar-refractivity contribution in [2.45, 2.75) is 31.8 Å². The van der Waals surface area contributed by atoms with E-state index in [0.717, 1.165) is 5.39 Å². The van der Waals surface area contributed by atoms with Crippen molar-refractivity contribution in [3.8, 4) is 0 Å². The maximum Gasteiger partial charge on any atom is 0.266 e. The molecule has 31 heavy (non-hydrogen) atoms. The molecule has 1 saturated heterocycles. The van der Waals surface area contributed by atoms with Gasteiger partial charge in [0.15, 0.2) is 5.78 Å². The summed E-state index contributed by atoms with van der Waals surface area (Å²) in [6, 6.07) is 10.9. The van der Waals surface area contributed by atoms with Crippen LogP contribution in [-0.2, 0) is 16.0 Å². The van der Waals surface area contributed by atoms with E-state index in [1.807, 2.05) is 0 Å². The van der Waals surface area contributed by atoms with Crippen LogP contribution in [0.1, 0.15) is 30.1 Å². The molecule has 1 aromatic heterocycles. The lowest BCUT2D eigenvalue weighted by Gasteiger charge is -2.21. The number of Topliss-reactive ketones (excluding diaryl/α,β-unsaturated/α-hetero) is 1. The molecule has 0 unspecified atom stereocenters. The van der Waals surface area contributed by atoms with Gasteiger partial charge in [0.1, 0.15) is 5.82 Å². The second kappa shape index (κ2) is 7.90. The largest absolute Gasteiger partial charge is 0.373 e. The van der Waals surface area contributed by atoms with Crippen molar-refractivity contribution in [2.24, 2.45) is 0 Å². The van der Waals surface area contributed by atoms with E-state index in [9.17, 15) is 23.9 Å². The number of rotatable bonds is 5. The maximum absolute atomic E-state index is 13.5. The summed E-state index contributed by atoms with van der Waals surface area (Å²) in [4.78, 5) is 38.7. The molecule has 0 bridgehead atoms. The minimum Gasteiger partial charge on any atom is -0.373 e. The van der Waals surface area contributed by atoms with E-state index < -0.39 is 23.1 Å². The molecule has 4 rings (SSSR count). The molecule has 1 N–H and O–H groups in total. The Morgan fingerprint density at radius 1 is 1.19 bits per heavy atom. The molecular formula is C23H20ClFN2O4. The van der Waals surface area contributed by atoms with Gasteiger partial charge in [0.2, 0.25) is 11.5 Å². The number of hydrogen-bond acceptors (Lipinski definition) is 4. The fourth-order valence-corrected chi connectivity index (χ4v) is 4.25. The highest BCUT2D eigenvalue weighted by Crippen LogP contribution is 2.32. The zero-order valence-electron chi connectivity index (χ0n) is 16.8. The van der Waals surface area contributed by atoms with Crippen molar-refractivity contribution >= 4 is 45.8 Å². The third-order valence-corrected chi connectivity index (χ3v) is 5.86. The van der Waals surface area contributed by atoms with Crippen LogP contribution in [0.5, 0.6) is 0 Å². The first-order valence-electron chi connectivity index (χ1n) is 9.84. The average Bonchev–Trinajstić information content (AvgIpc) is 3.27. The van der Waals surface area contributed by atoms with Crippen molar-refractivity contribution in [1.29, 1.82) is 0 Å². The molecule has 1 aliphatic heterocycles. The molecule has 0 saturated carbocycles. The van der Waals surface area contributed by atoms with Gasteiger partial charge in [-0.3, -0.25) is 19.0 Å². The first kappa shape index (κ1) is 21.2. The number of carbonyl (C=O) groups is 3. The topological polar surface area (TPSA) is 79.6 Å². The van der Waals surface area contributed by atoms with E-state index in [4.69, 9.17) is 11.6 Å². The minimum atomic E-state index is -2.11. The molecule has 160 valence electrons. The molecule has 0 aliphatic carbocycles. The Hall–Kier alpha value is -3.03. The summed E-state index contributed by atoms with van der Waals surface area (Å²) in [5, 5.41) is 11.8. The maximum atomic E-state index is 13.5. The number of ketones is 1. The molecule has 1 amide bonds. The van der Waals surface area contributed by atoms with Gasteiger partial charge in [-0.15, -0.1) is 0 Å². The van der Waals surface area contributed by atoms with Gasteiger partial charge in [-0.1, -0.05) is 11.6 Å². The summed E-state index contributed by atoms with van der Waals surface area (Å²) in [6.45, 7) is 1.65. The second-order valence-electron chi connectivity index (χ2n) is 7.72. The lowest BCUT2D eigenvalue weighted by Crippen LogP contribution is -2.47. The zero-order valence-corrected chi connectivity index (χ0v) is 17.5. The highest BCUT2D eigenvalue weighted by molar-refractivity contribution is 6.30. The van der Waals surface area contributed by atoms with E-state index in [1.165, 1.54) is 28.5 Å². The van der Waals surface area contributed by atoms with Gasteiger partial charge in [-0.2, -0.15) is 0 Å². The van der Waals surface area contributed by atoms with Crippen molar-refractivity contribution < 1.29 is 23.9 Å². The molecule has 0 spiro atoms. The standard InChI is InChI=1S/C23H20ClFN2O4/c1-14(28)26-8-6-16-12-19(3-4-20(16)26)27-9-7-23(31,22(27)30)21(29)5-2-15-10-17(24)13-18(25)11-15/h3-4,6,8,10-13,31H,2,5,7,9H2,1H3/t23-/m1/s1. The fraction of sp³-hybridized carbons (Fsp3) is 0.261. The molecule has 1 aliphatic rings. The van der Waals surface area contributed by atoms with Gasteiger partial charge in [0.05, 0.1) is 5.52 Å². The predicted molar refractivity (Wildman–Crippen MR) is 115 cm³/mol. The van der Waals surface area contributed by atoms with Crippen LogP contribution in [0.25, 0.3) is 10.9 Å². The number of nitrogens with zero attached hydrogens (tertiary/aromatic N) is 2. The Balaban J connectivity index is 1.51. The quantitative estimate of drug-likeness (QED) is 0.610. The van der Waals surface area contributed by atoms with E-state index in [-0.39, 0.29) is 36.7 Å². The third-order valence-electron chi connectivity index (χ3n) is 5.65. The van der Waals surface area contributed by atoms with Crippen LogP contribution in [0.4, 0.5) is 10.1 Å². The van der Waals surface area contributed by atoms with Crippen LogP contribution in [0.15, 0.2) is 48.7 Å². The number of benzene rings is 2. The summed E-state index contributed by atoms with van der Waals surface area (Å²) >= 11 is 5.84. The van der Waals surface area contributed by atoms with E-state index in [2.05, 4.69) is 0 Å². The predicted octanol–water partition coefficient (Wildman–Crippen LogP) is 3.76. The van der Waals surface area contributed by atoms with Gasteiger partial charge in [0.25, 0.3) is 5.91 Å². The minimum absolute atomic E-state index is 0.0267. The molecule has 2 aromatic carbocycles. The van der Waals surface area contributed by atoms with Crippen LogP contribution in [0.2, 0.25) is 5.02 Å². The first-order valence-corrected chi connectivity index (χ1v) is 10.2. The Kier molecular flexibility index (Phi) is 5.41. The zero-order chi connectivity index (χ0) is 22.3. The number of hydrogen-bond donors (Lipinski definition) is 1. The monoisotopic (exact) mass is 442 g/mol. The molecule has 1 fully saturated rings. The summed E-state index contributed by atoms with van der Waals surface area (Å²) in [5.41, 5.74) is -0.343. The Morgan fingerprint density at radius 2 is 1.97 bits per heavy atom. The molecular weight excluding hydrogens is 423 g/mol. The van der Waals surface area contributed by atoms with Crippen molar-refractivity contribution in [3.05, 3.63) is 65.1 Å². The molecule has 2 heterocycles. The van der Waals surface area contributed by atoms with E-state index in [1.54, 1.807) is 36.5 Å². The Morgan fingerprint density at radius 3 is 2.68 bits per heavy atom. The molecule has 6 nitrogen and oxygen atoms in total. The number of aliphatic hydroxyl groups is 1. The molecule has 8 heteroatoms. The summed E-state index contributed by atoms with van der Waals surface area (Å²) < 4.78 is 15.0. The number of fused-ring (bicyclic) bond motifs is 1. The SMILES string of the molecule is CC(=O)n1ccc2cc(N3CC[C@@](O)(C(=O)CCc4cc(F)cc(Cl)c4)C3=O)ccc21. The lowest BCUT2D eigenvalue weighted by molar-refractivity contribution is -0.147. The normalized spacial score (nSPS) is 18.7. The number of aryl methyl sites for hydroxylation is 1. The summed E-state index contributed by atoms with van der Waals surface area (Å²) in [5.74, 6) is -1.92. The number of carbonyl (C=O) groups excluding carboxylic acids is 3. The van der Waals surface area contributed by atoms with Crippen molar-refractivity contribution in [1.82, 2.24) is 4.57 Å². The fourth-order valence-electron chi connectivity index (χ4n) is 4.00. The van der Waals surface area contributed by atoms with Gasteiger partial charge in [-0.05, 0) is 54.4 Å². The van der Waals surface area contributed by atoms with E-state index in [0.29, 0.717) is 16.8 Å². The van der Waals surface area contributed by atoms with Crippen LogP contribution in [-0.4, -0.2) is 39.4 Å². The second-order valence-corrected chi connectivity index (χ2v) is 8.15. The summed E-state index contributed by atoms with van der Waals surface area (Å²) in [6.07, 6.45) is 1.68. The molecule has 1 atom stereocenters. The molecule has 3 aromatic rings. The van der Waals surface area contributed by atoms with Crippen molar-refractivity contribution in [2.75, 3.05) is 11.4 Å². The Labute approximate surface area is 182 Å². The van der Waals surface area contributed by atoms with E-state index >= 15 is 0 Å². The highest BCUT2D eigenvalue weighted by Gasteiger charge is 2.50. The number of aromatic nitrogens is 1. The number of halogens is 2. The average molecular weight is 443 g/mol. The third kappa shape index (κ3) is 3.86. The van der Waals surface area contributed by atoms with Gasteiger partial charge >= 0.3 is 0 Å². The first-order chi connectivity index (χ1) is 14.7. The van der Waals surface area contributed by atoms with Gasteiger partial charge in [-0.25, -0.2) is 4.39 Å². The Bertz CT molecular complexity index is 1200. The van der Waals surface area contributed by atoms with Crippen LogP contribution in [0.3, 0.4) is 0 Å². The smallest absolute Gasteiger partial charge is 0.266 e. The summed E-state index contributed by atoms with van der Waals surface area (Å²) in [7, 11) is 0. The lowest BCUT2D eigenvalue weighted by atomic mass is 9.92. The van der Waals surface area contributed by atoms with Crippen LogP contribution in [0, 0.1) is 5.82 Å². The van der Waals surface area contributed by atoms with Crippen LogP contribution < -0.4 is 4.90 Å². The van der Waals surface area contributed by atoms with Gasteiger partial charge in [0, 0.05) is 48.6 Å². The number of anilines is 1. The number of amides is 1. The highest BCUT2D eigenvalue weighted by atomic mass is 35.5. The van der Waals surface area contributed by atoms with Crippen molar-refractivity contribution in [3.63, 3.8) is 0 Å². The molecule has 0 radical (unpaired) electrons. The van der Waals surface area contributed by atoms with Gasteiger partial charge < -0.3 is 10.0 Å². The van der Waals surface area contributed by atoms with Crippen LogP contribution >= 0.6 is 11.6 Å².